The summed E-state index contributed by atoms with van der Waals surface area (Å²) in [7, 11) is -1.68. The molecule has 0 unspecified atom stereocenters. The molecule has 1 rings (SSSR count). The number of ether oxygens (including phenoxy) is 1. The van der Waals surface area contributed by atoms with Gasteiger partial charge in [-0.1, -0.05) is 13.0 Å². The number of rotatable bonds is 11. The van der Waals surface area contributed by atoms with E-state index in [1.165, 1.54) is 0 Å². The van der Waals surface area contributed by atoms with E-state index in [0.29, 0.717) is 12.3 Å². The molecule has 0 aliphatic rings. The lowest BCUT2D eigenvalue weighted by molar-refractivity contribution is 0.397. The molecule has 0 bridgehead atoms. The summed E-state index contributed by atoms with van der Waals surface area (Å²) in [5, 5.41) is 3.25. The summed E-state index contributed by atoms with van der Waals surface area (Å²) in [5.41, 5.74) is 0.809. The number of nitrogens with one attached hydrogen (secondary N) is 2. The first kappa shape index (κ1) is 17.9. The topological polar surface area (TPSA) is 80.3 Å². The molecule has 0 saturated carbocycles. The van der Waals surface area contributed by atoms with Crippen molar-refractivity contribution in [3.8, 4) is 5.88 Å². The predicted molar refractivity (Wildman–Crippen MR) is 83.8 cm³/mol. The minimum Gasteiger partial charge on any atom is -0.481 e. The third-order valence-corrected chi connectivity index (χ3v) is 4.36. The van der Waals surface area contributed by atoms with Crippen LogP contribution in [0.4, 0.5) is 0 Å². The molecule has 0 fully saturated rings. The van der Waals surface area contributed by atoms with Crippen LogP contribution >= 0.6 is 0 Å². The molecule has 0 aromatic carbocycles. The zero-order valence-electron chi connectivity index (χ0n) is 12.8. The molecule has 0 radical (unpaired) electrons. The van der Waals surface area contributed by atoms with Gasteiger partial charge in [0, 0.05) is 18.8 Å². The van der Waals surface area contributed by atoms with Crippen molar-refractivity contribution in [1.82, 2.24) is 15.0 Å². The standard InChI is InChI=1S/C14H25N3O3S/c1-3-8-15-9-4-5-10-21(18,19)17-12-13-6-7-14(20-2)16-11-13/h6-7,11,15,17H,3-5,8-10,12H2,1-2H3. The Labute approximate surface area is 127 Å². The van der Waals surface area contributed by atoms with E-state index >= 15 is 0 Å². The molecular formula is C14H25N3O3S. The Morgan fingerprint density at radius 1 is 1.24 bits per heavy atom. The van der Waals surface area contributed by atoms with Crippen LogP contribution in [-0.2, 0) is 16.6 Å². The molecule has 0 aliphatic carbocycles. The summed E-state index contributed by atoms with van der Waals surface area (Å²) >= 11 is 0. The summed E-state index contributed by atoms with van der Waals surface area (Å²) in [6.07, 6.45) is 4.23. The van der Waals surface area contributed by atoms with E-state index in [1.807, 2.05) is 0 Å². The molecule has 7 heteroatoms. The molecule has 21 heavy (non-hydrogen) atoms. The molecule has 1 aromatic heterocycles. The van der Waals surface area contributed by atoms with Crippen LogP contribution in [0.1, 0.15) is 31.7 Å². The summed E-state index contributed by atoms with van der Waals surface area (Å²) in [5.74, 6) is 0.672. The Kier molecular flexibility index (Phi) is 8.26. The van der Waals surface area contributed by atoms with E-state index < -0.39 is 10.0 Å². The van der Waals surface area contributed by atoms with Gasteiger partial charge in [-0.25, -0.2) is 18.1 Å². The zero-order valence-corrected chi connectivity index (χ0v) is 13.6. The van der Waals surface area contributed by atoms with Gasteiger partial charge in [-0.05, 0) is 37.9 Å². The normalized spacial score (nSPS) is 11.5. The smallest absolute Gasteiger partial charge is 0.212 e. The van der Waals surface area contributed by atoms with Crippen LogP contribution in [0.3, 0.4) is 0 Å². The third kappa shape index (κ3) is 7.99. The van der Waals surface area contributed by atoms with Crippen LogP contribution in [0.5, 0.6) is 5.88 Å². The van der Waals surface area contributed by atoms with E-state index in [9.17, 15) is 8.42 Å². The van der Waals surface area contributed by atoms with Crippen molar-refractivity contribution in [3.05, 3.63) is 23.9 Å². The number of unbranched alkanes of at least 4 members (excludes halogenated alkanes) is 1. The van der Waals surface area contributed by atoms with Crippen LogP contribution in [0.2, 0.25) is 0 Å². The molecule has 0 aliphatic heterocycles. The van der Waals surface area contributed by atoms with Gasteiger partial charge in [0.1, 0.15) is 0 Å². The van der Waals surface area contributed by atoms with Gasteiger partial charge in [0.15, 0.2) is 0 Å². The van der Waals surface area contributed by atoms with E-state index in [-0.39, 0.29) is 12.3 Å². The lowest BCUT2D eigenvalue weighted by Crippen LogP contribution is -2.26. The highest BCUT2D eigenvalue weighted by Gasteiger charge is 2.09. The maximum absolute atomic E-state index is 11.8. The van der Waals surface area contributed by atoms with Crippen LogP contribution < -0.4 is 14.8 Å². The number of pyridine rings is 1. The minimum absolute atomic E-state index is 0.157. The van der Waals surface area contributed by atoms with Crippen molar-refractivity contribution in [2.24, 2.45) is 0 Å². The maximum Gasteiger partial charge on any atom is 0.212 e. The molecular weight excluding hydrogens is 290 g/mol. The van der Waals surface area contributed by atoms with Crippen molar-refractivity contribution in [3.63, 3.8) is 0 Å². The summed E-state index contributed by atoms with van der Waals surface area (Å²) in [4.78, 5) is 4.04. The molecule has 1 aromatic rings. The summed E-state index contributed by atoms with van der Waals surface area (Å²) in [6.45, 7) is 4.21. The van der Waals surface area contributed by atoms with E-state index in [2.05, 4.69) is 21.9 Å². The summed E-state index contributed by atoms with van der Waals surface area (Å²) in [6, 6.07) is 3.51. The molecule has 1 heterocycles. The fourth-order valence-electron chi connectivity index (χ4n) is 1.75. The summed E-state index contributed by atoms with van der Waals surface area (Å²) < 4.78 is 31.2. The Morgan fingerprint density at radius 3 is 2.67 bits per heavy atom. The predicted octanol–water partition coefficient (Wildman–Crippen LogP) is 1.29. The quantitative estimate of drug-likeness (QED) is 0.602. The van der Waals surface area contributed by atoms with Crippen molar-refractivity contribution in [2.75, 3.05) is 26.0 Å². The number of hydrogen-bond acceptors (Lipinski definition) is 5. The molecule has 6 nitrogen and oxygen atoms in total. The number of methoxy groups -OCH3 is 1. The van der Waals surface area contributed by atoms with Crippen LogP contribution in [0.25, 0.3) is 0 Å². The Hall–Kier alpha value is -1.18. The van der Waals surface area contributed by atoms with E-state index in [4.69, 9.17) is 4.74 Å². The van der Waals surface area contributed by atoms with E-state index in [1.54, 1.807) is 25.4 Å². The first-order chi connectivity index (χ1) is 10.1. The molecule has 0 saturated heterocycles. The molecule has 2 N–H and O–H groups in total. The first-order valence-electron chi connectivity index (χ1n) is 7.24. The lowest BCUT2D eigenvalue weighted by atomic mass is 10.3. The highest BCUT2D eigenvalue weighted by molar-refractivity contribution is 7.89. The Morgan fingerprint density at radius 2 is 2.05 bits per heavy atom. The van der Waals surface area contributed by atoms with Crippen molar-refractivity contribution >= 4 is 10.0 Å². The molecule has 0 atom stereocenters. The van der Waals surface area contributed by atoms with Crippen molar-refractivity contribution in [2.45, 2.75) is 32.7 Å². The van der Waals surface area contributed by atoms with Crippen LogP contribution in [-0.4, -0.2) is 39.4 Å². The van der Waals surface area contributed by atoms with Gasteiger partial charge in [-0.3, -0.25) is 0 Å². The number of nitrogens with zero attached hydrogens (tertiary/aromatic N) is 1. The van der Waals surface area contributed by atoms with Gasteiger partial charge in [-0.15, -0.1) is 0 Å². The minimum atomic E-state index is -3.23. The average Bonchev–Trinajstić information content (AvgIpc) is 2.49. The fourth-order valence-corrected chi connectivity index (χ4v) is 2.86. The van der Waals surface area contributed by atoms with Gasteiger partial charge < -0.3 is 10.1 Å². The monoisotopic (exact) mass is 315 g/mol. The van der Waals surface area contributed by atoms with Crippen LogP contribution in [0.15, 0.2) is 18.3 Å². The number of hydrogen-bond donors (Lipinski definition) is 2. The average molecular weight is 315 g/mol. The van der Waals surface area contributed by atoms with Gasteiger partial charge in [0.2, 0.25) is 15.9 Å². The Bertz CT molecular complexity index is 489. The zero-order chi connectivity index (χ0) is 15.6. The molecule has 0 amide bonds. The highest BCUT2D eigenvalue weighted by atomic mass is 32.2. The largest absolute Gasteiger partial charge is 0.481 e. The molecule has 120 valence electrons. The Balaban J connectivity index is 2.25. The van der Waals surface area contributed by atoms with Crippen molar-refractivity contribution in [1.29, 1.82) is 0 Å². The van der Waals surface area contributed by atoms with Gasteiger partial charge in [0.25, 0.3) is 0 Å². The van der Waals surface area contributed by atoms with Gasteiger partial charge in [0.05, 0.1) is 12.9 Å². The van der Waals surface area contributed by atoms with Gasteiger partial charge >= 0.3 is 0 Å². The number of aromatic nitrogens is 1. The van der Waals surface area contributed by atoms with Crippen LogP contribution in [0, 0.1) is 0 Å². The second-order valence-electron chi connectivity index (χ2n) is 4.81. The second kappa shape index (κ2) is 9.70. The van der Waals surface area contributed by atoms with Crippen molar-refractivity contribution < 1.29 is 13.2 Å². The SMILES string of the molecule is CCCNCCCCS(=O)(=O)NCc1ccc(OC)nc1. The highest BCUT2D eigenvalue weighted by Crippen LogP contribution is 2.06. The molecule has 0 spiro atoms. The lowest BCUT2D eigenvalue weighted by Gasteiger charge is -2.07. The van der Waals surface area contributed by atoms with E-state index in [0.717, 1.165) is 31.5 Å². The fraction of sp³-hybridized carbons (Fsp3) is 0.643. The second-order valence-corrected chi connectivity index (χ2v) is 6.73. The maximum atomic E-state index is 11.8. The number of sulfonamides is 1. The first-order valence-corrected chi connectivity index (χ1v) is 8.89. The third-order valence-electron chi connectivity index (χ3n) is 2.95. The van der Waals surface area contributed by atoms with Gasteiger partial charge in [-0.2, -0.15) is 0 Å².